The molecule has 0 amide bonds. The summed E-state index contributed by atoms with van der Waals surface area (Å²) in [7, 11) is 1.69. The monoisotopic (exact) mass is 384 g/mol. The zero-order chi connectivity index (χ0) is 18.4. The average Bonchev–Trinajstić information content (AvgIpc) is 3.24. The summed E-state index contributed by atoms with van der Waals surface area (Å²) in [6.07, 6.45) is 0. The number of methoxy groups -OCH3 is 1. The van der Waals surface area contributed by atoms with Gasteiger partial charge in [0.1, 0.15) is 5.75 Å². The number of hydrogen-bond acceptors (Lipinski definition) is 5. The average molecular weight is 385 g/mol. The van der Waals surface area contributed by atoms with E-state index in [0.29, 0.717) is 6.54 Å². The Balaban J connectivity index is 2.16. The van der Waals surface area contributed by atoms with Gasteiger partial charge in [-0.05, 0) is 45.6 Å². The second kappa shape index (κ2) is 8.73. The lowest BCUT2D eigenvalue weighted by Crippen LogP contribution is -2.35. The minimum absolute atomic E-state index is 0.0417. The van der Waals surface area contributed by atoms with E-state index in [0.717, 1.165) is 11.5 Å². The predicted molar refractivity (Wildman–Crippen MR) is 113 cm³/mol. The second-order valence-electron chi connectivity index (χ2n) is 6.09. The van der Waals surface area contributed by atoms with E-state index in [1.807, 2.05) is 30.0 Å². The first kappa shape index (κ1) is 19.0. The molecule has 0 spiro atoms. The van der Waals surface area contributed by atoms with Crippen LogP contribution in [0, 0.1) is 0 Å². The van der Waals surface area contributed by atoms with Crippen LogP contribution in [-0.4, -0.2) is 25.4 Å². The number of hydrogen-bond donors (Lipinski definition) is 2. The standard InChI is InChI=1S/C21H24N2OS2/c1-24-20-9-7-17(8-10-20)21(18-11-12-25-14-18,26-15-19(23)13-22)16-5-3-2-4-6-16/h2-12,14,19H,13,15,22-23H2,1H3/t19-,21?/m1/s1. The second-order valence-corrected chi connectivity index (χ2v) is 8.11. The van der Waals surface area contributed by atoms with Crippen LogP contribution in [0.15, 0.2) is 71.4 Å². The van der Waals surface area contributed by atoms with Crippen molar-refractivity contribution in [3.05, 3.63) is 88.1 Å². The van der Waals surface area contributed by atoms with Crippen LogP contribution in [0.25, 0.3) is 0 Å². The highest BCUT2D eigenvalue weighted by Gasteiger charge is 2.37. The third-order valence-corrected chi connectivity index (χ3v) is 6.84. The number of benzene rings is 2. The maximum Gasteiger partial charge on any atom is 0.118 e. The summed E-state index contributed by atoms with van der Waals surface area (Å²) in [5, 5.41) is 4.35. The lowest BCUT2D eigenvalue weighted by Gasteiger charge is -2.35. The summed E-state index contributed by atoms with van der Waals surface area (Å²) in [6, 6.07) is 21.1. The fourth-order valence-corrected chi connectivity index (χ4v) is 5.29. The van der Waals surface area contributed by atoms with Crippen LogP contribution in [0.1, 0.15) is 16.7 Å². The van der Waals surface area contributed by atoms with Crippen molar-refractivity contribution in [2.75, 3.05) is 19.4 Å². The van der Waals surface area contributed by atoms with Crippen LogP contribution in [0.4, 0.5) is 0 Å². The van der Waals surface area contributed by atoms with Crippen molar-refractivity contribution in [1.29, 1.82) is 0 Å². The molecular weight excluding hydrogens is 360 g/mol. The van der Waals surface area contributed by atoms with Crippen LogP contribution in [0.2, 0.25) is 0 Å². The third-order valence-electron chi connectivity index (χ3n) is 4.42. The van der Waals surface area contributed by atoms with Gasteiger partial charge in [0.05, 0.1) is 11.9 Å². The van der Waals surface area contributed by atoms with Crippen molar-refractivity contribution in [2.24, 2.45) is 11.5 Å². The first-order valence-electron chi connectivity index (χ1n) is 8.53. The van der Waals surface area contributed by atoms with Crippen LogP contribution in [0.3, 0.4) is 0 Å². The normalized spacial score (nSPS) is 14.6. The van der Waals surface area contributed by atoms with Gasteiger partial charge in [-0.1, -0.05) is 42.5 Å². The Morgan fingerprint density at radius 3 is 2.27 bits per heavy atom. The molecule has 4 N–H and O–H groups in total. The maximum absolute atomic E-state index is 6.17. The quantitative estimate of drug-likeness (QED) is 0.615. The van der Waals surface area contributed by atoms with Crippen molar-refractivity contribution in [3.63, 3.8) is 0 Å². The highest BCUT2D eigenvalue weighted by Crippen LogP contribution is 2.49. The Hall–Kier alpha value is -1.79. The number of thioether (sulfide) groups is 1. The third kappa shape index (κ3) is 3.81. The van der Waals surface area contributed by atoms with Crippen molar-refractivity contribution in [3.8, 4) is 5.75 Å². The lowest BCUT2D eigenvalue weighted by atomic mass is 9.85. The molecule has 2 atom stereocenters. The molecule has 3 rings (SSSR count). The summed E-state index contributed by atoms with van der Waals surface area (Å²) in [5.41, 5.74) is 15.7. The van der Waals surface area contributed by atoms with Gasteiger partial charge in [-0.25, -0.2) is 0 Å². The van der Waals surface area contributed by atoms with Crippen molar-refractivity contribution >= 4 is 23.1 Å². The Morgan fingerprint density at radius 1 is 1.00 bits per heavy atom. The first-order chi connectivity index (χ1) is 12.7. The molecule has 5 heteroatoms. The Morgan fingerprint density at radius 2 is 1.69 bits per heavy atom. The zero-order valence-corrected chi connectivity index (χ0v) is 16.4. The zero-order valence-electron chi connectivity index (χ0n) is 14.8. The molecule has 1 unspecified atom stereocenters. The largest absolute Gasteiger partial charge is 0.497 e. The number of nitrogens with two attached hydrogens (primary N) is 2. The van der Waals surface area contributed by atoms with Gasteiger partial charge in [-0.15, -0.1) is 11.8 Å². The molecule has 1 aromatic heterocycles. The molecule has 0 aliphatic rings. The fourth-order valence-electron chi connectivity index (χ4n) is 3.01. The Kier molecular flexibility index (Phi) is 6.38. The van der Waals surface area contributed by atoms with Crippen LogP contribution in [0.5, 0.6) is 5.75 Å². The molecule has 0 bridgehead atoms. The van der Waals surface area contributed by atoms with E-state index in [4.69, 9.17) is 16.2 Å². The van der Waals surface area contributed by atoms with E-state index in [2.05, 4.69) is 53.2 Å². The molecule has 0 saturated carbocycles. The van der Waals surface area contributed by atoms with Crippen molar-refractivity contribution in [1.82, 2.24) is 0 Å². The fraction of sp³-hybridized carbons (Fsp3) is 0.238. The highest BCUT2D eigenvalue weighted by molar-refractivity contribution is 8.00. The molecule has 26 heavy (non-hydrogen) atoms. The Labute approximate surface area is 163 Å². The van der Waals surface area contributed by atoms with E-state index in [9.17, 15) is 0 Å². The van der Waals surface area contributed by atoms with Crippen molar-refractivity contribution in [2.45, 2.75) is 10.8 Å². The van der Waals surface area contributed by atoms with Crippen LogP contribution < -0.4 is 16.2 Å². The summed E-state index contributed by atoms with van der Waals surface area (Å²) < 4.78 is 5.02. The molecule has 3 nitrogen and oxygen atoms in total. The van der Waals surface area contributed by atoms with Gasteiger partial charge in [0.15, 0.2) is 0 Å². The Bertz CT molecular complexity index is 791. The molecule has 0 radical (unpaired) electrons. The molecule has 0 fully saturated rings. The maximum atomic E-state index is 6.17. The molecular formula is C21H24N2OS2. The van der Waals surface area contributed by atoms with Gasteiger partial charge in [-0.3, -0.25) is 0 Å². The van der Waals surface area contributed by atoms with Crippen molar-refractivity contribution < 1.29 is 4.74 Å². The topological polar surface area (TPSA) is 61.3 Å². The van der Waals surface area contributed by atoms with E-state index in [-0.39, 0.29) is 10.8 Å². The molecule has 2 aromatic carbocycles. The minimum atomic E-state index is -0.333. The van der Waals surface area contributed by atoms with E-state index in [1.54, 1.807) is 18.4 Å². The number of ether oxygens (including phenoxy) is 1. The van der Waals surface area contributed by atoms with E-state index in [1.165, 1.54) is 16.7 Å². The van der Waals surface area contributed by atoms with Gasteiger partial charge in [-0.2, -0.15) is 11.3 Å². The lowest BCUT2D eigenvalue weighted by molar-refractivity contribution is 0.414. The molecule has 1 heterocycles. The van der Waals surface area contributed by atoms with E-state index >= 15 is 0 Å². The molecule has 0 saturated heterocycles. The SMILES string of the molecule is COc1ccc(C(SC[C@H](N)CN)(c2ccccc2)c2ccsc2)cc1. The molecule has 136 valence electrons. The van der Waals surface area contributed by atoms with E-state index < -0.39 is 0 Å². The van der Waals surface area contributed by atoms with Gasteiger partial charge in [0.2, 0.25) is 0 Å². The van der Waals surface area contributed by atoms with Gasteiger partial charge < -0.3 is 16.2 Å². The van der Waals surface area contributed by atoms with Gasteiger partial charge in [0.25, 0.3) is 0 Å². The summed E-state index contributed by atoms with van der Waals surface area (Å²) >= 11 is 3.55. The first-order valence-corrected chi connectivity index (χ1v) is 10.5. The predicted octanol–water partition coefficient (Wildman–Crippen LogP) is 4.07. The summed E-state index contributed by atoms with van der Waals surface area (Å²) in [5.74, 6) is 1.62. The molecule has 3 aromatic rings. The highest BCUT2D eigenvalue weighted by atomic mass is 32.2. The summed E-state index contributed by atoms with van der Waals surface area (Å²) in [4.78, 5) is 0. The minimum Gasteiger partial charge on any atom is -0.497 e. The van der Waals surface area contributed by atoms with Crippen LogP contribution >= 0.6 is 23.1 Å². The van der Waals surface area contributed by atoms with Gasteiger partial charge in [0, 0.05) is 18.3 Å². The smallest absolute Gasteiger partial charge is 0.118 e. The number of thiophene rings is 1. The van der Waals surface area contributed by atoms with Crippen LogP contribution in [-0.2, 0) is 4.75 Å². The number of rotatable bonds is 8. The molecule has 0 aliphatic heterocycles. The summed E-state index contributed by atoms with van der Waals surface area (Å²) in [6.45, 7) is 0.476. The molecule has 0 aliphatic carbocycles. The van der Waals surface area contributed by atoms with Gasteiger partial charge >= 0.3 is 0 Å².